The second kappa shape index (κ2) is 5.72. The highest BCUT2D eigenvalue weighted by molar-refractivity contribution is 6.04. The summed E-state index contributed by atoms with van der Waals surface area (Å²) >= 11 is 0. The Balaban J connectivity index is 1.78. The van der Waals surface area contributed by atoms with Gasteiger partial charge in [-0.1, -0.05) is 6.07 Å². The van der Waals surface area contributed by atoms with E-state index in [-0.39, 0.29) is 5.56 Å². The van der Waals surface area contributed by atoms with Gasteiger partial charge in [0.2, 0.25) is 0 Å². The number of aromatic nitrogens is 3. The van der Waals surface area contributed by atoms with E-state index in [1.54, 1.807) is 24.3 Å². The summed E-state index contributed by atoms with van der Waals surface area (Å²) in [5.74, 6) is -2.36. The second-order valence-electron chi connectivity index (χ2n) is 4.47. The monoisotopic (exact) mass is 300 g/mol. The van der Waals surface area contributed by atoms with Crippen LogP contribution in [0.5, 0.6) is 0 Å². The topological polar surface area (TPSA) is 70.7 Å². The molecular weight excluding hydrogens is 290 g/mol. The molecule has 22 heavy (non-hydrogen) atoms. The number of benzene rings is 2. The van der Waals surface area contributed by atoms with E-state index in [4.69, 9.17) is 0 Å². The SMILES string of the molecule is O=C(Nc1ccc(-c2ncn[nH]2)cc1)c1cccc(F)c1F. The Bertz CT molecular complexity index is 801. The quantitative estimate of drug-likeness (QED) is 0.781. The Morgan fingerprint density at radius 3 is 2.55 bits per heavy atom. The van der Waals surface area contributed by atoms with E-state index < -0.39 is 17.5 Å². The average Bonchev–Trinajstić information content (AvgIpc) is 3.05. The van der Waals surface area contributed by atoms with Crippen LogP contribution < -0.4 is 5.32 Å². The molecule has 0 spiro atoms. The van der Waals surface area contributed by atoms with Gasteiger partial charge in [-0.25, -0.2) is 13.8 Å². The number of H-pyrrole nitrogens is 1. The predicted molar refractivity (Wildman–Crippen MR) is 76.1 cm³/mol. The van der Waals surface area contributed by atoms with Crippen molar-refractivity contribution in [2.45, 2.75) is 0 Å². The highest BCUT2D eigenvalue weighted by atomic mass is 19.2. The number of hydrogen-bond donors (Lipinski definition) is 2. The van der Waals surface area contributed by atoms with Crippen molar-refractivity contribution in [3.8, 4) is 11.4 Å². The average molecular weight is 300 g/mol. The van der Waals surface area contributed by atoms with Gasteiger partial charge in [-0.05, 0) is 36.4 Å². The van der Waals surface area contributed by atoms with Gasteiger partial charge in [0.25, 0.3) is 5.91 Å². The molecule has 7 heteroatoms. The molecule has 5 nitrogen and oxygen atoms in total. The molecule has 0 aliphatic heterocycles. The standard InChI is InChI=1S/C15H10F2N4O/c16-12-3-1-2-11(13(12)17)15(22)20-10-6-4-9(5-7-10)14-18-8-19-21-14/h1-8H,(H,20,22)(H,18,19,21). The minimum Gasteiger partial charge on any atom is -0.322 e. The maximum Gasteiger partial charge on any atom is 0.258 e. The van der Waals surface area contributed by atoms with Gasteiger partial charge in [-0.15, -0.1) is 0 Å². The lowest BCUT2D eigenvalue weighted by Gasteiger charge is -2.07. The lowest BCUT2D eigenvalue weighted by molar-refractivity contribution is 0.102. The van der Waals surface area contributed by atoms with E-state index in [0.717, 1.165) is 11.6 Å². The van der Waals surface area contributed by atoms with Crippen LogP contribution >= 0.6 is 0 Å². The number of rotatable bonds is 3. The van der Waals surface area contributed by atoms with Crippen molar-refractivity contribution in [3.63, 3.8) is 0 Å². The molecule has 1 aromatic heterocycles. The van der Waals surface area contributed by atoms with Gasteiger partial charge in [0.05, 0.1) is 5.56 Å². The van der Waals surface area contributed by atoms with E-state index >= 15 is 0 Å². The van der Waals surface area contributed by atoms with E-state index in [0.29, 0.717) is 11.5 Å². The van der Waals surface area contributed by atoms with E-state index in [1.807, 2.05) is 0 Å². The van der Waals surface area contributed by atoms with Crippen LogP contribution in [0.15, 0.2) is 48.8 Å². The van der Waals surface area contributed by atoms with Gasteiger partial charge >= 0.3 is 0 Å². The smallest absolute Gasteiger partial charge is 0.258 e. The minimum atomic E-state index is -1.17. The molecule has 110 valence electrons. The van der Waals surface area contributed by atoms with Crippen LogP contribution in [0.4, 0.5) is 14.5 Å². The number of carbonyl (C=O) groups excluding carboxylic acids is 1. The molecule has 0 radical (unpaired) electrons. The first-order chi connectivity index (χ1) is 10.6. The largest absolute Gasteiger partial charge is 0.322 e. The number of halogens is 2. The second-order valence-corrected chi connectivity index (χ2v) is 4.47. The molecule has 1 amide bonds. The highest BCUT2D eigenvalue weighted by Crippen LogP contribution is 2.18. The Morgan fingerprint density at radius 2 is 1.86 bits per heavy atom. The van der Waals surface area contributed by atoms with Crippen LogP contribution in [-0.2, 0) is 0 Å². The molecular formula is C15H10F2N4O. The van der Waals surface area contributed by atoms with Crippen molar-refractivity contribution >= 4 is 11.6 Å². The number of amides is 1. The van der Waals surface area contributed by atoms with Crippen LogP contribution in [0, 0.1) is 11.6 Å². The molecule has 0 saturated carbocycles. The lowest BCUT2D eigenvalue weighted by Crippen LogP contribution is -2.14. The maximum atomic E-state index is 13.5. The summed E-state index contributed by atoms with van der Waals surface area (Å²) in [6.07, 6.45) is 1.39. The number of aromatic amines is 1. The Hall–Kier alpha value is -3.09. The molecule has 0 unspecified atom stereocenters. The predicted octanol–water partition coefficient (Wildman–Crippen LogP) is 3.00. The molecule has 0 saturated heterocycles. The number of nitrogens with zero attached hydrogens (tertiary/aromatic N) is 2. The maximum absolute atomic E-state index is 13.5. The van der Waals surface area contributed by atoms with Crippen LogP contribution in [-0.4, -0.2) is 21.1 Å². The number of hydrogen-bond acceptors (Lipinski definition) is 3. The fourth-order valence-corrected chi connectivity index (χ4v) is 1.93. The molecule has 3 aromatic rings. The van der Waals surface area contributed by atoms with Crippen molar-refractivity contribution in [1.29, 1.82) is 0 Å². The fourth-order valence-electron chi connectivity index (χ4n) is 1.93. The fraction of sp³-hybridized carbons (Fsp3) is 0. The summed E-state index contributed by atoms with van der Waals surface area (Å²) in [7, 11) is 0. The van der Waals surface area contributed by atoms with Gasteiger partial charge < -0.3 is 5.32 Å². The van der Waals surface area contributed by atoms with Crippen molar-refractivity contribution in [1.82, 2.24) is 15.2 Å². The molecule has 0 fully saturated rings. The van der Waals surface area contributed by atoms with E-state index in [2.05, 4.69) is 20.5 Å². The summed E-state index contributed by atoms with van der Waals surface area (Å²) in [4.78, 5) is 16.0. The lowest BCUT2D eigenvalue weighted by atomic mass is 10.1. The van der Waals surface area contributed by atoms with Crippen molar-refractivity contribution in [2.24, 2.45) is 0 Å². The van der Waals surface area contributed by atoms with E-state index in [9.17, 15) is 13.6 Å². The Labute approximate surface area is 124 Å². The summed E-state index contributed by atoms with van der Waals surface area (Å²) in [6, 6.07) is 10.2. The van der Waals surface area contributed by atoms with Gasteiger partial charge in [0, 0.05) is 11.3 Å². The van der Waals surface area contributed by atoms with Gasteiger partial charge in [0.1, 0.15) is 6.33 Å². The zero-order valence-corrected chi connectivity index (χ0v) is 11.2. The summed E-state index contributed by atoms with van der Waals surface area (Å²) in [6.45, 7) is 0. The van der Waals surface area contributed by atoms with Gasteiger partial charge in [-0.2, -0.15) is 5.10 Å². The van der Waals surface area contributed by atoms with Crippen LogP contribution in [0.25, 0.3) is 11.4 Å². The third kappa shape index (κ3) is 2.69. The molecule has 0 aliphatic carbocycles. The molecule has 0 bridgehead atoms. The molecule has 0 atom stereocenters. The van der Waals surface area contributed by atoms with Gasteiger partial charge in [0.15, 0.2) is 17.5 Å². The summed E-state index contributed by atoms with van der Waals surface area (Å²) in [5.41, 5.74) is 0.892. The molecule has 3 rings (SSSR count). The zero-order valence-electron chi connectivity index (χ0n) is 11.2. The first-order valence-electron chi connectivity index (χ1n) is 6.36. The third-order valence-corrected chi connectivity index (χ3v) is 3.03. The third-order valence-electron chi connectivity index (χ3n) is 3.03. The Kier molecular flexibility index (Phi) is 3.61. The Morgan fingerprint density at radius 1 is 1.09 bits per heavy atom. The highest BCUT2D eigenvalue weighted by Gasteiger charge is 2.15. The van der Waals surface area contributed by atoms with Crippen molar-refractivity contribution < 1.29 is 13.6 Å². The number of nitrogens with one attached hydrogen (secondary N) is 2. The van der Waals surface area contributed by atoms with Crippen LogP contribution in [0.1, 0.15) is 10.4 Å². The molecule has 2 N–H and O–H groups in total. The number of anilines is 1. The first-order valence-corrected chi connectivity index (χ1v) is 6.36. The summed E-state index contributed by atoms with van der Waals surface area (Å²) < 4.78 is 26.7. The first kappa shape index (κ1) is 13.9. The molecule has 2 aromatic carbocycles. The molecule has 0 aliphatic rings. The van der Waals surface area contributed by atoms with Crippen molar-refractivity contribution in [2.75, 3.05) is 5.32 Å². The van der Waals surface area contributed by atoms with E-state index in [1.165, 1.54) is 18.5 Å². The van der Waals surface area contributed by atoms with Crippen LogP contribution in [0.2, 0.25) is 0 Å². The molecule has 1 heterocycles. The number of carbonyl (C=O) groups is 1. The van der Waals surface area contributed by atoms with Crippen LogP contribution in [0.3, 0.4) is 0 Å². The normalized spacial score (nSPS) is 10.5. The minimum absolute atomic E-state index is 0.348. The van der Waals surface area contributed by atoms with Crippen molar-refractivity contribution in [3.05, 3.63) is 66.0 Å². The zero-order chi connectivity index (χ0) is 15.5. The summed E-state index contributed by atoms with van der Waals surface area (Å²) in [5, 5.41) is 8.96. The van der Waals surface area contributed by atoms with Gasteiger partial charge in [-0.3, -0.25) is 9.89 Å².